The number of hydrogen-bond donors (Lipinski definition) is 2. The molecular formula is C12H18BrClFNO. The van der Waals surface area contributed by atoms with Crippen LogP contribution in [0.3, 0.4) is 0 Å². The highest BCUT2D eigenvalue weighted by Gasteiger charge is 2.30. The van der Waals surface area contributed by atoms with E-state index in [0.717, 1.165) is 0 Å². The summed E-state index contributed by atoms with van der Waals surface area (Å²) in [5, 5.41) is 10.1. The molecule has 0 aliphatic heterocycles. The van der Waals surface area contributed by atoms with E-state index in [1.54, 1.807) is 12.1 Å². The predicted molar refractivity (Wildman–Crippen MR) is 73.7 cm³/mol. The Morgan fingerprint density at radius 3 is 2.35 bits per heavy atom. The average Bonchev–Trinajstić information content (AvgIpc) is 2.18. The van der Waals surface area contributed by atoms with Crippen molar-refractivity contribution in [1.82, 2.24) is 0 Å². The lowest BCUT2D eigenvalue weighted by Crippen LogP contribution is -2.37. The molecular weight excluding hydrogens is 308 g/mol. The zero-order chi connectivity index (χ0) is 12.5. The molecule has 0 saturated carbocycles. The van der Waals surface area contributed by atoms with Crippen LogP contribution >= 0.6 is 28.3 Å². The second-order valence-corrected chi connectivity index (χ2v) is 5.77. The van der Waals surface area contributed by atoms with Gasteiger partial charge in [0.25, 0.3) is 0 Å². The van der Waals surface area contributed by atoms with Crippen molar-refractivity contribution in [2.45, 2.75) is 32.9 Å². The number of aliphatic hydroxyl groups excluding tert-OH is 1. The van der Waals surface area contributed by atoms with Gasteiger partial charge < -0.3 is 10.8 Å². The monoisotopic (exact) mass is 325 g/mol. The highest BCUT2D eigenvalue weighted by Crippen LogP contribution is 2.32. The largest absolute Gasteiger partial charge is 0.391 e. The van der Waals surface area contributed by atoms with Gasteiger partial charge in [-0.25, -0.2) is 4.39 Å². The molecule has 0 aliphatic carbocycles. The van der Waals surface area contributed by atoms with E-state index >= 15 is 0 Å². The highest BCUT2D eigenvalue weighted by atomic mass is 79.9. The normalized spacial score (nSPS) is 15.0. The fourth-order valence-electron chi connectivity index (χ4n) is 1.49. The Morgan fingerprint density at radius 1 is 1.35 bits per heavy atom. The molecule has 0 heterocycles. The smallest absolute Gasteiger partial charge is 0.137 e. The van der Waals surface area contributed by atoms with Crippen molar-refractivity contribution in [2.75, 3.05) is 0 Å². The quantitative estimate of drug-likeness (QED) is 0.875. The van der Waals surface area contributed by atoms with Crippen LogP contribution in [0.5, 0.6) is 0 Å². The van der Waals surface area contributed by atoms with Crippen LogP contribution < -0.4 is 5.73 Å². The number of benzene rings is 1. The molecule has 98 valence electrons. The maximum absolute atomic E-state index is 13.3. The number of halogens is 3. The molecule has 0 fully saturated rings. The van der Waals surface area contributed by atoms with Crippen LogP contribution in [0.25, 0.3) is 0 Å². The third-order valence-corrected chi connectivity index (χ3v) is 3.40. The van der Waals surface area contributed by atoms with Gasteiger partial charge in [-0.15, -0.1) is 12.4 Å². The molecule has 3 N–H and O–H groups in total. The molecule has 0 aromatic heterocycles. The van der Waals surface area contributed by atoms with E-state index in [1.807, 2.05) is 20.8 Å². The molecule has 0 radical (unpaired) electrons. The number of hydrogen-bond acceptors (Lipinski definition) is 2. The topological polar surface area (TPSA) is 46.2 Å². The standard InChI is InChI=1S/C12H17BrFNO.ClH/c1-12(2,3)11(16)10(15)7-5-4-6-8(14)9(7)13;/h4-6,10-11,16H,15H2,1-3H3;1H/t10-,11-;/m1./s1. The summed E-state index contributed by atoms with van der Waals surface area (Å²) < 4.78 is 13.6. The van der Waals surface area contributed by atoms with Gasteiger partial charge in [0, 0.05) is 0 Å². The Balaban J connectivity index is 0.00000256. The lowest BCUT2D eigenvalue weighted by Gasteiger charge is -2.31. The molecule has 1 aromatic carbocycles. The summed E-state index contributed by atoms with van der Waals surface area (Å²) in [6, 6.07) is 4.05. The molecule has 1 rings (SSSR count). The second-order valence-electron chi connectivity index (χ2n) is 4.98. The SMILES string of the molecule is CC(C)(C)[C@H](O)[C@H](N)c1cccc(F)c1Br.Cl. The lowest BCUT2D eigenvalue weighted by atomic mass is 9.82. The van der Waals surface area contributed by atoms with Crippen molar-refractivity contribution in [2.24, 2.45) is 11.1 Å². The zero-order valence-electron chi connectivity index (χ0n) is 10.1. The van der Waals surface area contributed by atoms with Crippen LogP contribution in [0.2, 0.25) is 0 Å². The maximum atomic E-state index is 13.3. The Bertz CT molecular complexity index is 381. The number of rotatable bonds is 2. The highest BCUT2D eigenvalue weighted by molar-refractivity contribution is 9.10. The molecule has 0 saturated heterocycles. The minimum absolute atomic E-state index is 0. The Morgan fingerprint density at radius 2 is 1.88 bits per heavy atom. The predicted octanol–water partition coefficient (Wildman–Crippen LogP) is 3.42. The summed E-state index contributed by atoms with van der Waals surface area (Å²) in [4.78, 5) is 0. The van der Waals surface area contributed by atoms with Crippen LogP contribution in [-0.4, -0.2) is 11.2 Å². The van der Waals surface area contributed by atoms with Crippen LogP contribution in [0, 0.1) is 11.2 Å². The van der Waals surface area contributed by atoms with E-state index < -0.39 is 12.1 Å². The lowest BCUT2D eigenvalue weighted by molar-refractivity contribution is 0.0398. The summed E-state index contributed by atoms with van der Waals surface area (Å²) >= 11 is 3.15. The molecule has 5 heteroatoms. The Kier molecular flexibility index (Phi) is 6.08. The first-order chi connectivity index (χ1) is 7.25. The fraction of sp³-hybridized carbons (Fsp3) is 0.500. The summed E-state index contributed by atoms with van der Waals surface area (Å²) in [5.74, 6) is -0.367. The molecule has 2 nitrogen and oxygen atoms in total. The molecule has 17 heavy (non-hydrogen) atoms. The van der Waals surface area contributed by atoms with Gasteiger partial charge in [0.05, 0.1) is 16.6 Å². The molecule has 0 bridgehead atoms. The van der Waals surface area contributed by atoms with Gasteiger partial charge >= 0.3 is 0 Å². The van der Waals surface area contributed by atoms with Gasteiger partial charge in [0.2, 0.25) is 0 Å². The first kappa shape index (κ1) is 16.8. The summed E-state index contributed by atoms with van der Waals surface area (Å²) in [6.45, 7) is 5.68. The fourth-order valence-corrected chi connectivity index (χ4v) is 2.02. The minimum atomic E-state index is -0.731. The summed E-state index contributed by atoms with van der Waals surface area (Å²) in [7, 11) is 0. The Hall–Kier alpha value is -0.160. The van der Waals surface area contributed by atoms with Crippen molar-refractivity contribution in [3.63, 3.8) is 0 Å². The van der Waals surface area contributed by atoms with E-state index in [1.165, 1.54) is 6.07 Å². The van der Waals surface area contributed by atoms with Gasteiger partial charge in [0.1, 0.15) is 5.82 Å². The molecule has 0 aliphatic rings. The van der Waals surface area contributed by atoms with Gasteiger partial charge in [-0.1, -0.05) is 32.9 Å². The minimum Gasteiger partial charge on any atom is -0.391 e. The third kappa shape index (κ3) is 3.91. The van der Waals surface area contributed by atoms with E-state index in [-0.39, 0.29) is 23.6 Å². The van der Waals surface area contributed by atoms with E-state index in [2.05, 4.69) is 15.9 Å². The van der Waals surface area contributed by atoms with Crippen molar-refractivity contribution in [1.29, 1.82) is 0 Å². The molecule has 1 aromatic rings. The van der Waals surface area contributed by atoms with Crippen LogP contribution in [0.15, 0.2) is 22.7 Å². The second kappa shape index (κ2) is 6.14. The molecule has 2 atom stereocenters. The van der Waals surface area contributed by atoms with Gasteiger partial charge in [-0.05, 0) is 33.0 Å². The van der Waals surface area contributed by atoms with Gasteiger partial charge in [0.15, 0.2) is 0 Å². The van der Waals surface area contributed by atoms with Crippen LogP contribution in [0.4, 0.5) is 4.39 Å². The first-order valence-corrected chi connectivity index (χ1v) is 5.92. The van der Waals surface area contributed by atoms with Crippen LogP contribution in [0.1, 0.15) is 32.4 Å². The molecule has 0 amide bonds. The zero-order valence-corrected chi connectivity index (χ0v) is 12.5. The van der Waals surface area contributed by atoms with Crippen molar-refractivity contribution in [3.8, 4) is 0 Å². The first-order valence-electron chi connectivity index (χ1n) is 5.12. The molecule has 0 unspecified atom stereocenters. The summed E-state index contributed by atoms with van der Waals surface area (Å²) in [5.41, 5.74) is 6.19. The van der Waals surface area contributed by atoms with Crippen molar-refractivity contribution < 1.29 is 9.50 Å². The van der Waals surface area contributed by atoms with E-state index in [0.29, 0.717) is 10.0 Å². The number of aliphatic hydroxyl groups is 1. The van der Waals surface area contributed by atoms with Gasteiger partial charge in [-0.3, -0.25) is 0 Å². The maximum Gasteiger partial charge on any atom is 0.137 e. The molecule has 0 spiro atoms. The third-order valence-electron chi connectivity index (χ3n) is 2.57. The number of nitrogens with two attached hydrogens (primary N) is 1. The van der Waals surface area contributed by atoms with E-state index in [9.17, 15) is 9.50 Å². The summed E-state index contributed by atoms with van der Waals surface area (Å²) in [6.07, 6.45) is -0.731. The van der Waals surface area contributed by atoms with Crippen molar-refractivity contribution in [3.05, 3.63) is 34.1 Å². The van der Waals surface area contributed by atoms with E-state index in [4.69, 9.17) is 5.73 Å². The van der Waals surface area contributed by atoms with Gasteiger partial charge in [-0.2, -0.15) is 0 Å². The Labute approximate surface area is 116 Å². The van der Waals surface area contributed by atoms with Crippen LogP contribution in [-0.2, 0) is 0 Å². The average molecular weight is 327 g/mol. The van der Waals surface area contributed by atoms with Crippen molar-refractivity contribution >= 4 is 28.3 Å².